The molecule has 2 unspecified atom stereocenters. The number of ketones is 1. The van der Waals surface area contributed by atoms with Crippen molar-refractivity contribution in [3.63, 3.8) is 0 Å². The summed E-state index contributed by atoms with van der Waals surface area (Å²) in [6.45, 7) is 11.0. The molecule has 2 atom stereocenters. The average Bonchev–Trinajstić information content (AvgIpc) is 3.47. The fourth-order valence-electron chi connectivity index (χ4n) is 8.09. The van der Waals surface area contributed by atoms with Crippen molar-refractivity contribution in [3.05, 3.63) is 123 Å². The number of aromatic nitrogens is 1. The minimum absolute atomic E-state index is 0.0375. The van der Waals surface area contributed by atoms with Gasteiger partial charge in [-0.15, -0.1) is 0 Å². The molecule has 10 heteroatoms. The third-order valence-corrected chi connectivity index (χ3v) is 10.8. The Bertz CT molecular complexity index is 2250. The van der Waals surface area contributed by atoms with Crippen molar-refractivity contribution in [2.24, 2.45) is 11.1 Å². The maximum Gasteiger partial charge on any atom is 0.340 e. The lowest BCUT2D eigenvalue weighted by Crippen LogP contribution is -2.33. The number of carbonyl (C=O) groups is 2. The van der Waals surface area contributed by atoms with Gasteiger partial charge in [0, 0.05) is 46.6 Å². The Labute approximate surface area is 325 Å². The third kappa shape index (κ3) is 8.30. The van der Waals surface area contributed by atoms with E-state index in [0.717, 1.165) is 87.8 Å². The van der Waals surface area contributed by atoms with E-state index in [4.69, 9.17) is 9.57 Å². The fourth-order valence-corrected chi connectivity index (χ4v) is 8.09. The molecule has 0 bridgehead atoms. The van der Waals surface area contributed by atoms with E-state index in [1.165, 1.54) is 19.1 Å². The first-order valence-electron chi connectivity index (χ1n) is 19.3. The van der Waals surface area contributed by atoms with Crippen LogP contribution in [0.15, 0.2) is 84.0 Å². The van der Waals surface area contributed by atoms with Crippen molar-refractivity contribution < 1.29 is 36.7 Å². The van der Waals surface area contributed by atoms with Gasteiger partial charge in [-0.25, -0.2) is 13.6 Å². The first-order valence-corrected chi connectivity index (χ1v) is 19.3. The molecule has 0 spiro atoms. The normalized spacial score (nSPS) is 14.8. The highest BCUT2D eigenvalue weighted by Crippen LogP contribution is 2.47. The molecular formula is C46H48F4N2O4. The summed E-state index contributed by atoms with van der Waals surface area (Å²) >= 11 is 0. The van der Waals surface area contributed by atoms with E-state index in [2.05, 4.69) is 47.8 Å². The lowest BCUT2D eigenvalue weighted by Gasteiger charge is -2.28. The van der Waals surface area contributed by atoms with Gasteiger partial charge in [-0.3, -0.25) is 4.79 Å². The second-order valence-electron chi connectivity index (χ2n) is 15.0. The van der Waals surface area contributed by atoms with Crippen LogP contribution in [0.2, 0.25) is 0 Å². The molecule has 0 aliphatic heterocycles. The maximum absolute atomic E-state index is 14.7. The second-order valence-corrected chi connectivity index (χ2v) is 15.0. The van der Waals surface area contributed by atoms with Gasteiger partial charge in [0.1, 0.15) is 11.5 Å². The van der Waals surface area contributed by atoms with Crippen molar-refractivity contribution in [2.45, 2.75) is 98.5 Å². The number of unbranched alkanes of at least 4 members (excludes halogenated alkanes) is 1. The molecule has 1 aromatic heterocycles. The standard InChI is InChI=1S/C46H48F4N2O4/c1-7-9-12-31(8-2)25-52-40-20-17-33(42(51-56-30(6)53)32-15-18-34(19-16-32)55-26-46(49,50)45(47)48)23-37(40)38-24-39(35-13-10-11-14-36(35)43(38)52)44(54)41-28(4)21-27(3)22-29(41)5/h10-11,13-23,31,39,45H,7-9,12,24-26H2,1-6H3/b51-42-. The van der Waals surface area contributed by atoms with Crippen molar-refractivity contribution in [2.75, 3.05) is 6.61 Å². The highest BCUT2D eigenvalue weighted by molar-refractivity contribution is 6.15. The Morgan fingerprint density at radius 2 is 1.61 bits per heavy atom. The molecule has 1 heterocycles. The number of Topliss-reactive ketones (excluding diaryl/α,β-unsaturated/α-hetero) is 1. The number of oxime groups is 1. The minimum atomic E-state index is -4.30. The highest BCUT2D eigenvalue weighted by atomic mass is 19.3. The molecule has 0 amide bonds. The number of halogens is 4. The Hall–Kier alpha value is -5.25. The van der Waals surface area contributed by atoms with Crippen LogP contribution < -0.4 is 4.74 Å². The molecule has 1 aliphatic carbocycles. The third-order valence-electron chi connectivity index (χ3n) is 10.8. The quantitative estimate of drug-likeness (QED) is 0.0350. The van der Waals surface area contributed by atoms with E-state index in [1.807, 2.05) is 51.1 Å². The van der Waals surface area contributed by atoms with Crippen LogP contribution in [0, 0.1) is 26.7 Å². The number of fused-ring (bicyclic) bond motifs is 5. The molecule has 56 heavy (non-hydrogen) atoms. The topological polar surface area (TPSA) is 69.9 Å². The van der Waals surface area contributed by atoms with Crippen LogP contribution in [0.4, 0.5) is 17.6 Å². The van der Waals surface area contributed by atoms with Crippen LogP contribution >= 0.6 is 0 Å². The summed E-state index contributed by atoms with van der Waals surface area (Å²) < 4.78 is 59.9. The molecule has 294 valence electrons. The Morgan fingerprint density at radius 1 is 0.929 bits per heavy atom. The summed E-state index contributed by atoms with van der Waals surface area (Å²) in [4.78, 5) is 31.9. The molecule has 4 aromatic carbocycles. The average molecular weight is 769 g/mol. The van der Waals surface area contributed by atoms with Crippen LogP contribution in [-0.2, 0) is 22.6 Å². The van der Waals surface area contributed by atoms with Gasteiger partial charge in [0.15, 0.2) is 12.4 Å². The van der Waals surface area contributed by atoms with Crippen LogP contribution in [-0.4, -0.2) is 41.0 Å². The first-order chi connectivity index (χ1) is 26.7. The number of nitrogens with zero attached hydrogens (tertiary/aromatic N) is 2. The number of alkyl halides is 4. The number of rotatable bonds is 15. The van der Waals surface area contributed by atoms with Gasteiger partial charge in [-0.05, 0) is 98.2 Å². The Morgan fingerprint density at radius 3 is 2.25 bits per heavy atom. The van der Waals surface area contributed by atoms with Gasteiger partial charge >= 0.3 is 18.3 Å². The molecule has 0 saturated carbocycles. The lowest BCUT2D eigenvalue weighted by molar-refractivity contribution is -0.148. The summed E-state index contributed by atoms with van der Waals surface area (Å²) in [7, 11) is 0. The summed E-state index contributed by atoms with van der Waals surface area (Å²) in [6.07, 6.45) is 0.951. The largest absolute Gasteiger partial charge is 0.487 e. The van der Waals surface area contributed by atoms with Crippen LogP contribution in [0.5, 0.6) is 5.75 Å². The van der Waals surface area contributed by atoms with Crippen molar-refractivity contribution in [1.29, 1.82) is 0 Å². The highest BCUT2D eigenvalue weighted by Gasteiger charge is 2.42. The van der Waals surface area contributed by atoms with E-state index in [-0.39, 0.29) is 17.2 Å². The monoisotopic (exact) mass is 768 g/mol. The zero-order valence-electron chi connectivity index (χ0n) is 32.7. The van der Waals surface area contributed by atoms with E-state index in [0.29, 0.717) is 23.5 Å². The van der Waals surface area contributed by atoms with E-state index < -0.39 is 30.8 Å². The van der Waals surface area contributed by atoms with Crippen molar-refractivity contribution in [3.8, 4) is 17.0 Å². The summed E-state index contributed by atoms with van der Waals surface area (Å²) in [6, 6.07) is 24.1. The summed E-state index contributed by atoms with van der Waals surface area (Å²) in [5, 5.41) is 5.16. The smallest absolute Gasteiger partial charge is 0.340 e. The second kappa shape index (κ2) is 16.9. The van der Waals surface area contributed by atoms with Gasteiger partial charge < -0.3 is 14.1 Å². The predicted molar refractivity (Wildman–Crippen MR) is 212 cm³/mol. The van der Waals surface area contributed by atoms with E-state index in [9.17, 15) is 27.2 Å². The molecule has 0 N–H and O–H groups in total. The Balaban J connectivity index is 1.50. The number of aryl methyl sites for hydroxylation is 3. The predicted octanol–water partition coefficient (Wildman–Crippen LogP) is 11.6. The summed E-state index contributed by atoms with van der Waals surface area (Å²) in [5.74, 6) is -4.90. The number of ether oxygens (including phenoxy) is 1. The molecular weight excluding hydrogens is 721 g/mol. The number of hydrogen-bond donors (Lipinski definition) is 0. The minimum Gasteiger partial charge on any atom is -0.487 e. The molecule has 1 aliphatic rings. The van der Waals surface area contributed by atoms with E-state index >= 15 is 0 Å². The van der Waals surface area contributed by atoms with Crippen LogP contribution in [0.1, 0.15) is 102 Å². The number of hydrogen-bond acceptors (Lipinski definition) is 5. The first kappa shape index (κ1) is 40.4. The molecule has 6 rings (SSSR count). The molecule has 5 aromatic rings. The van der Waals surface area contributed by atoms with Crippen LogP contribution in [0.3, 0.4) is 0 Å². The molecule has 0 saturated heterocycles. The summed E-state index contributed by atoms with van der Waals surface area (Å²) in [5.41, 5.74) is 10.3. The van der Waals surface area contributed by atoms with Gasteiger partial charge in [0.2, 0.25) is 0 Å². The maximum atomic E-state index is 14.7. The van der Waals surface area contributed by atoms with Gasteiger partial charge in [0.25, 0.3) is 0 Å². The lowest BCUT2D eigenvalue weighted by atomic mass is 9.76. The van der Waals surface area contributed by atoms with Crippen molar-refractivity contribution >= 4 is 28.4 Å². The Kier molecular flexibility index (Phi) is 12.2. The number of benzene rings is 4. The van der Waals surface area contributed by atoms with Gasteiger partial charge in [0.05, 0.1) is 11.6 Å². The number of carbonyl (C=O) groups excluding carboxylic acids is 2. The van der Waals surface area contributed by atoms with Gasteiger partial charge in [-0.1, -0.05) is 86.3 Å². The SMILES string of the molecule is CCCCC(CC)Cn1c2c(c3cc(/C(=N\OC(C)=O)c4ccc(OCC(F)(F)C(F)F)cc4)ccc31)CC(C(=O)c1c(C)cc(C)cc1C)c1ccccc1-2. The molecule has 0 fully saturated rings. The van der Waals surface area contributed by atoms with E-state index in [1.54, 1.807) is 12.1 Å². The zero-order valence-corrected chi connectivity index (χ0v) is 32.7. The zero-order chi connectivity index (χ0) is 40.3. The molecule has 0 radical (unpaired) electrons. The molecule has 6 nitrogen and oxygen atoms in total. The van der Waals surface area contributed by atoms with Crippen LogP contribution in [0.25, 0.3) is 22.2 Å². The van der Waals surface area contributed by atoms with Gasteiger partial charge in [-0.2, -0.15) is 8.78 Å². The van der Waals surface area contributed by atoms with Crippen molar-refractivity contribution in [1.82, 2.24) is 4.57 Å². The fraction of sp³-hybridized carbons (Fsp3) is 0.370.